The predicted molar refractivity (Wildman–Crippen MR) is 192 cm³/mol. The fourth-order valence-corrected chi connectivity index (χ4v) is 6.00. The predicted octanol–water partition coefficient (Wildman–Crippen LogP) is 9.10. The average Bonchev–Trinajstić information content (AvgIpc) is 3.14. The van der Waals surface area contributed by atoms with E-state index in [0.29, 0.717) is 23.7 Å². The summed E-state index contributed by atoms with van der Waals surface area (Å²) in [4.78, 5) is 15.1. The molecule has 0 spiro atoms. The van der Waals surface area contributed by atoms with Gasteiger partial charge in [0.25, 0.3) is 0 Å². The number of hydrogen-bond acceptors (Lipinski definition) is 6. The van der Waals surface area contributed by atoms with Crippen LogP contribution in [0.1, 0.15) is 54.5 Å². The molecule has 5 aromatic rings. The number of ether oxygens (including phenoxy) is 3. The molecule has 8 nitrogen and oxygen atoms in total. The third-order valence-electron chi connectivity index (χ3n) is 9.07. The van der Waals surface area contributed by atoms with Crippen molar-refractivity contribution in [3.63, 3.8) is 0 Å². The quantitative estimate of drug-likeness (QED) is 0.131. The molecule has 1 heterocycles. The summed E-state index contributed by atoms with van der Waals surface area (Å²) in [6.07, 6.45) is -0.945. The summed E-state index contributed by atoms with van der Waals surface area (Å²) in [5.74, 6) is 1.49. The lowest BCUT2D eigenvalue weighted by atomic mass is 9.89. The van der Waals surface area contributed by atoms with Crippen LogP contribution in [0, 0.1) is 5.92 Å². The molecule has 0 aromatic heterocycles. The van der Waals surface area contributed by atoms with E-state index in [9.17, 15) is 9.90 Å². The first-order chi connectivity index (χ1) is 23.9. The molecule has 3 N–H and O–H groups in total. The maximum absolute atomic E-state index is 12.8. The van der Waals surface area contributed by atoms with Gasteiger partial charge in [-0.05, 0) is 79.2 Å². The van der Waals surface area contributed by atoms with E-state index in [0.717, 1.165) is 22.4 Å². The molecule has 1 fully saturated rings. The molecule has 0 unspecified atom stereocenters. The number of aliphatic hydroxyl groups excluding tert-OH is 1. The minimum Gasteiger partial charge on any atom is -0.457 e. The summed E-state index contributed by atoms with van der Waals surface area (Å²) in [6, 6.07) is 42.5. The lowest BCUT2D eigenvalue weighted by Gasteiger charge is -2.43. The van der Waals surface area contributed by atoms with Crippen LogP contribution in [0.5, 0.6) is 11.5 Å². The third kappa shape index (κ3) is 8.73. The number of urea groups is 1. The van der Waals surface area contributed by atoms with Gasteiger partial charge in [-0.15, -0.1) is 0 Å². The molecule has 0 aliphatic carbocycles. The molecular formula is C41H43N3O5. The van der Waals surface area contributed by atoms with E-state index in [1.54, 1.807) is 12.1 Å². The number of anilines is 2. The Morgan fingerprint density at radius 2 is 1.31 bits per heavy atom. The second-order valence-electron chi connectivity index (χ2n) is 12.5. The summed E-state index contributed by atoms with van der Waals surface area (Å²) in [5.41, 5.74) is 5.28. The Morgan fingerprint density at radius 1 is 0.755 bits per heavy atom. The second kappa shape index (κ2) is 15.9. The first-order valence-corrected chi connectivity index (χ1v) is 16.6. The standard InChI is InChI=1S/C41H43N3O5/c1-28-38(26-44(3)29(2)31-10-6-4-7-11-31)48-40(49-39(28)32-16-14-30(27-45)15-17-32)33-18-20-34(21-19-33)42-41(46)43-35-22-24-37(25-23-35)47-36-12-8-5-9-13-36/h4-25,28-29,38-40,45H,26-27H2,1-3H3,(H2,42,43,46)/t28-,29+,38+,39+,40+/m1/s1. The van der Waals surface area contributed by atoms with Gasteiger partial charge in [-0.2, -0.15) is 0 Å². The van der Waals surface area contributed by atoms with E-state index in [4.69, 9.17) is 14.2 Å². The lowest BCUT2D eigenvalue weighted by Crippen LogP contribution is -2.44. The van der Waals surface area contributed by atoms with E-state index in [2.05, 4.69) is 60.7 Å². The van der Waals surface area contributed by atoms with Crippen LogP contribution in [0.2, 0.25) is 0 Å². The highest BCUT2D eigenvalue weighted by molar-refractivity contribution is 5.99. The maximum Gasteiger partial charge on any atom is 0.323 e. The van der Waals surface area contributed by atoms with Crippen LogP contribution >= 0.6 is 0 Å². The summed E-state index contributed by atoms with van der Waals surface area (Å²) >= 11 is 0. The van der Waals surface area contributed by atoms with Gasteiger partial charge in [-0.25, -0.2) is 4.79 Å². The van der Waals surface area contributed by atoms with Crippen molar-refractivity contribution < 1.29 is 24.1 Å². The number of para-hydroxylation sites is 1. The zero-order chi connectivity index (χ0) is 34.2. The van der Waals surface area contributed by atoms with E-state index in [-0.39, 0.29) is 36.8 Å². The second-order valence-corrected chi connectivity index (χ2v) is 12.5. The Hall–Kier alpha value is -4.99. The highest BCUT2D eigenvalue weighted by atomic mass is 16.7. The van der Waals surface area contributed by atoms with Gasteiger partial charge in [0.2, 0.25) is 0 Å². The Kier molecular flexibility index (Phi) is 11.0. The highest BCUT2D eigenvalue weighted by Crippen LogP contribution is 2.42. The molecule has 252 valence electrons. The van der Waals surface area contributed by atoms with E-state index >= 15 is 0 Å². The van der Waals surface area contributed by atoms with Gasteiger partial charge in [-0.3, -0.25) is 4.90 Å². The molecule has 5 atom stereocenters. The van der Waals surface area contributed by atoms with Crippen molar-refractivity contribution in [1.29, 1.82) is 0 Å². The van der Waals surface area contributed by atoms with Crippen molar-refractivity contribution in [3.8, 4) is 11.5 Å². The Morgan fingerprint density at radius 3 is 1.92 bits per heavy atom. The summed E-state index contributed by atoms with van der Waals surface area (Å²) < 4.78 is 19.1. The highest BCUT2D eigenvalue weighted by Gasteiger charge is 2.39. The molecule has 6 rings (SSSR count). The molecule has 5 aromatic carbocycles. The number of nitrogens with one attached hydrogen (secondary N) is 2. The number of rotatable bonds is 11. The number of carbonyl (C=O) groups excluding carboxylic acids is 1. The van der Waals surface area contributed by atoms with Crippen molar-refractivity contribution in [2.45, 2.75) is 45.0 Å². The number of amides is 2. The Balaban J connectivity index is 1.12. The molecule has 1 saturated heterocycles. The van der Waals surface area contributed by atoms with Crippen LogP contribution < -0.4 is 15.4 Å². The Bertz CT molecular complexity index is 1770. The molecule has 8 heteroatoms. The molecule has 0 saturated carbocycles. The number of carbonyl (C=O) groups is 1. The van der Waals surface area contributed by atoms with E-state index < -0.39 is 6.29 Å². The Labute approximate surface area is 288 Å². The van der Waals surface area contributed by atoms with Crippen LogP contribution in [0.25, 0.3) is 0 Å². The molecule has 1 aliphatic rings. The topological polar surface area (TPSA) is 92.3 Å². The van der Waals surface area contributed by atoms with Crippen LogP contribution in [-0.2, 0) is 16.1 Å². The minimum atomic E-state index is -0.608. The van der Waals surface area contributed by atoms with Crippen LogP contribution in [0.4, 0.5) is 16.2 Å². The first kappa shape index (κ1) is 33.9. The van der Waals surface area contributed by atoms with E-state index in [1.807, 2.05) is 97.1 Å². The fraction of sp³-hybridized carbons (Fsp3) is 0.244. The minimum absolute atomic E-state index is 0.00765. The lowest BCUT2D eigenvalue weighted by molar-refractivity contribution is -0.276. The van der Waals surface area contributed by atoms with Crippen molar-refractivity contribution in [2.24, 2.45) is 5.92 Å². The van der Waals surface area contributed by atoms with Crippen LogP contribution in [0.15, 0.2) is 133 Å². The van der Waals surface area contributed by atoms with Gasteiger partial charge in [0.05, 0.1) is 18.8 Å². The van der Waals surface area contributed by atoms with Gasteiger partial charge in [0, 0.05) is 35.4 Å². The number of benzene rings is 5. The number of likely N-dealkylation sites (N-methyl/N-ethyl adjacent to an activating group) is 1. The molecule has 2 amide bonds. The zero-order valence-corrected chi connectivity index (χ0v) is 28.0. The molecule has 0 radical (unpaired) electrons. The largest absolute Gasteiger partial charge is 0.457 e. The van der Waals surface area contributed by atoms with Gasteiger partial charge in [-0.1, -0.05) is 91.9 Å². The molecule has 49 heavy (non-hydrogen) atoms. The summed E-state index contributed by atoms with van der Waals surface area (Å²) in [5, 5.41) is 15.3. The normalized spacial score (nSPS) is 19.6. The molecule has 0 bridgehead atoms. The van der Waals surface area contributed by atoms with Crippen molar-refractivity contribution in [2.75, 3.05) is 24.2 Å². The number of nitrogens with zero attached hydrogens (tertiary/aromatic N) is 1. The fourth-order valence-electron chi connectivity index (χ4n) is 6.00. The van der Waals surface area contributed by atoms with Gasteiger partial charge in [0.1, 0.15) is 11.5 Å². The van der Waals surface area contributed by atoms with Crippen LogP contribution in [-0.4, -0.2) is 35.7 Å². The number of aliphatic hydroxyl groups is 1. The monoisotopic (exact) mass is 657 g/mol. The first-order valence-electron chi connectivity index (χ1n) is 16.6. The molecule has 1 aliphatic heterocycles. The number of hydrogen-bond donors (Lipinski definition) is 3. The third-order valence-corrected chi connectivity index (χ3v) is 9.07. The summed E-state index contributed by atoms with van der Waals surface area (Å²) in [6.45, 7) is 5.08. The van der Waals surface area contributed by atoms with Crippen molar-refractivity contribution >= 4 is 17.4 Å². The maximum atomic E-state index is 12.8. The zero-order valence-electron chi connectivity index (χ0n) is 28.0. The van der Waals surface area contributed by atoms with Gasteiger partial charge >= 0.3 is 6.03 Å². The SMILES string of the molecule is C[C@@H]1[C@H](CN(C)[C@@H](C)c2ccccc2)O[C@H](c2ccc(NC(=O)Nc3ccc(Oc4ccccc4)cc3)cc2)O[C@@H]1c1ccc(CO)cc1. The average molecular weight is 658 g/mol. The smallest absolute Gasteiger partial charge is 0.323 e. The van der Waals surface area contributed by atoms with E-state index in [1.165, 1.54) is 5.56 Å². The van der Waals surface area contributed by atoms with Crippen LogP contribution in [0.3, 0.4) is 0 Å². The van der Waals surface area contributed by atoms with Gasteiger partial charge in [0.15, 0.2) is 6.29 Å². The van der Waals surface area contributed by atoms with Crippen molar-refractivity contribution in [1.82, 2.24) is 4.90 Å². The van der Waals surface area contributed by atoms with Crippen molar-refractivity contribution in [3.05, 3.63) is 156 Å². The summed E-state index contributed by atoms with van der Waals surface area (Å²) in [7, 11) is 2.13. The molecular weight excluding hydrogens is 614 g/mol. The van der Waals surface area contributed by atoms with Gasteiger partial charge < -0.3 is 30.0 Å².